The molecule has 2 unspecified atom stereocenters. The summed E-state index contributed by atoms with van der Waals surface area (Å²) in [5, 5.41) is 2.94. The van der Waals surface area contributed by atoms with Crippen molar-refractivity contribution < 1.29 is 4.79 Å². The van der Waals surface area contributed by atoms with Crippen LogP contribution in [0.1, 0.15) is 47.5 Å². The van der Waals surface area contributed by atoms with E-state index in [1.54, 1.807) is 0 Å². The number of hydrogen-bond donors (Lipinski definition) is 2. The van der Waals surface area contributed by atoms with E-state index in [1.165, 1.54) is 0 Å². The first-order valence-electron chi connectivity index (χ1n) is 5.35. The SMILES string of the molecule is CCCC(N)C(=O)NC(C)C(C)(C)C. The van der Waals surface area contributed by atoms with E-state index in [4.69, 9.17) is 5.73 Å². The van der Waals surface area contributed by atoms with Crippen LogP contribution < -0.4 is 11.1 Å². The Kier molecular flexibility index (Phi) is 5.13. The molecule has 3 N–H and O–H groups in total. The Bertz CT molecular complexity index is 184. The number of amides is 1. The summed E-state index contributed by atoms with van der Waals surface area (Å²) in [5.74, 6) is -0.0331. The monoisotopic (exact) mass is 200 g/mol. The fourth-order valence-corrected chi connectivity index (χ4v) is 0.979. The van der Waals surface area contributed by atoms with E-state index in [0.717, 1.165) is 12.8 Å². The lowest BCUT2D eigenvalue weighted by molar-refractivity contribution is -0.123. The van der Waals surface area contributed by atoms with Gasteiger partial charge in [0.15, 0.2) is 0 Å². The minimum Gasteiger partial charge on any atom is -0.352 e. The summed E-state index contributed by atoms with van der Waals surface area (Å²) in [4.78, 5) is 11.6. The third-order valence-corrected chi connectivity index (χ3v) is 2.59. The van der Waals surface area contributed by atoms with Crippen molar-refractivity contribution in [1.82, 2.24) is 5.32 Å². The second kappa shape index (κ2) is 5.35. The zero-order valence-electron chi connectivity index (χ0n) is 10.1. The van der Waals surface area contributed by atoms with Gasteiger partial charge in [0.2, 0.25) is 5.91 Å². The molecule has 1 amide bonds. The van der Waals surface area contributed by atoms with Crippen molar-refractivity contribution in [2.24, 2.45) is 11.1 Å². The van der Waals surface area contributed by atoms with Crippen LogP contribution in [0.3, 0.4) is 0 Å². The molecule has 0 saturated heterocycles. The topological polar surface area (TPSA) is 55.1 Å². The zero-order chi connectivity index (χ0) is 11.4. The first-order valence-corrected chi connectivity index (χ1v) is 5.35. The van der Waals surface area contributed by atoms with Crippen LogP contribution in [0.15, 0.2) is 0 Å². The van der Waals surface area contributed by atoms with Crippen molar-refractivity contribution in [2.45, 2.75) is 59.5 Å². The summed E-state index contributed by atoms with van der Waals surface area (Å²) in [7, 11) is 0. The molecule has 14 heavy (non-hydrogen) atoms. The number of rotatable bonds is 4. The second-order valence-electron chi connectivity index (χ2n) is 4.99. The molecule has 0 aromatic carbocycles. The van der Waals surface area contributed by atoms with Crippen molar-refractivity contribution in [2.75, 3.05) is 0 Å². The van der Waals surface area contributed by atoms with E-state index in [0.29, 0.717) is 0 Å². The molecule has 2 atom stereocenters. The highest BCUT2D eigenvalue weighted by Crippen LogP contribution is 2.18. The molecule has 0 aliphatic rings. The molecule has 0 heterocycles. The summed E-state index contributed by atoms with van der Waals surface area (Å²) in [6, 6.07) is -0.206. The summed E-state index contributed by atoms with van der Waals surface area (Å²) in [6.45, 7) is 10.3. The Morgan fingerprint density at radius 2 is 1.93 bits per heavy atom. The third-order valence-electron chi connectivity index (χ3n) is 2.59. The highest BCUT2D eigenvalue weighted by Gasteiger charge is 2.23. The van der Waals surface area contributed by atoms with Crippen LogP contribution in [0.2, 0.25) is 0 Å². The number of nitrogens with two attached hydrogens (primary N) is 1. The molecule has 0 saturated carbocycles. The Morgan fingerprint density at radius 1 is 1.43 bits per heavy atom. The molecular weight excluding hydrogens is 176 g/mol. The van der Waals surface area contributed by atoms with Crippen molar-refractivity contribution in [3.63, 3.8) is 0 Å². The summed E-state index contributed by atoms with van der Waals surface area (Å²) >= 11 is 0. The van der Waals surface area contributed by atoms with Gasteiger partial charge in [-0.25, -0.2) is 0 Å². The van der Waals surface area contributed by atoms with Gasteiger partial charge in [0, 0.05) is 6.04 Å². The number of carbonyl (C=O) groups is 1. The van der Waals surface area contributed by atoms with Gasteiger partial charge in [-0.05, 0) is 18.8 Å². The molecule has 0 aliphatic heterocycles. The van der Waals surface area contributed by atoms with Gasteiger partial charge in [-0.1, -0.05) is 34.1 Å². The number of hydrogen-bond acceptors (Lipinski definition) is 2. The molecule has 84 valence electrons. The van der Waals surface area contributed by atoms with Gasteiger partial charge in [0.05, 0.1) is 6.04 Å². The first kappa shape index (κ1) is 13.4. The van der Waals surface area contributed by atoms with Gasteiger partial charge in [-0.15, -0.1) is 0 Å². The van der Waals surface area contributed by atoms with Gasteiger partial charge in [0.1, 0.15) is 0 Å². The lowest BCUT2D eigenvalue weighted by atomic mass is 9.88. The molecule has 3 heteroatoms. The summed E-state index contributed by atoms with van der Waals surface area (Å²) in [6.07, 6.45) is 1.70. The number of carbonyl (C=O) groups excluding carboxylic acids is 1. The van der Waals surface area contributed by atoms with Crippen LogP contribution in [0.4, 0.5) is 0 Å². The molecule has 0 aromatic heterocycles. The molecule has 3 nitrogen and oxygen atoms in total. The average Bonchev–Trinajstić information content (AvgIpc) is 2.02. The van der Waals surface area contributed by atoms with Crippen LogP contribution in [0, 0.1) is 5.41 Å². The summed E-state index contributed by atoms with van der Waals surface area (Å²) < 4.78 is 0. The smallest absolute Gasteiger partial charge is 0.237 e. The molecule has 0 aliphatic carbocycles. The molecule has 0 fully saturated rings. The van der Waals surface area contributed by atoms with Crippen molar-refractivity contribution in [3.8, 4) is 0 Å². The Hall–Kier alpha value is -0.570. The normalized spacial score (nSPS) is 16.1. The fourth-order valence-electron chi connectivity index (χ4n) is 0.979. The Labute approximate surface area is 87.4 Å². The van der Waals surface area contributed by atoms with Gasteiger partial charge in [-0.2, -0.15) is 0 Å². The quantitative estimate of drug-likeness (QED) is 0.725. The van der Waals surface area contributed by atoms with E-state index in [2.05, 4.69) is 26.1 Å². The first-order chi connectivity index (χ1) is 6.29. The molecule has 0 spiro atoms. The van der Waals surface area contributed by atoms with Gasteiger partial charge < -0.3 is 11.1 Å². The van der Waals surface area contributed by atoms with Gasteiger partial charge in [-0.3, -0.25) is 4.79 Å². The van der Waals surface area contributed by atoms with Crippen LogP contribution >= 0.6 is 0 Å². The predicted octanol–water partition coefficient (Wildman–Crippen LogP) is 1.66. The standard InChI is InChI=1S/C11H24N2O/c1-6-7-9(12)10(14)13-8(2)11(3,4)5/h8-9H,6-7,12H2,1-5H3,(H,13,14). The molecule has 0 radical (unpaired) electrons. The largest absolute Gasteiger partial charge is 0.352 e. The van der Waals surface area contributed by atoms with Crippen LogP contribution in [0.5, 0.6) is 0 Å². The van der Waals surface area contributed by atoms with Crippen molar-refractivity contribution in [3.05, 3.63) is 0 Å². The van der Waals surface area contributed by atoms with Crippen LogP contribution in [-0.2, 0) is 4.79 Å². The maximum absolute atomic E-state index is 11.6. The van der Waals surface area contributed by atoms with Crippen LogP contribution in [0.25, 0.3) is 0 Å². The van der Waals surface area contributed by atoms with E-state index >= 15 is 0 Å². The molecular formula is C11H24N2O. The lowest BCUT2D eigenvalue weighted by Crippen LogP contribution is -2.48. The van der Waals surface area contributed by atoms with E-state index in [1.807, 2.05) is 13.8 Å². The Balaban J connectivity index is 4.06. The van der Waals surface area contributed by atoms with E-state index in [9.17, 15) is 4.79 Å². The number of nitrogens with one attached hydrogen (secondary N) is 1. The minimum atomic E-state index is -0.357. The molecule has 0 bridgehead atoms. The van der Waals surface area contributed by atoms with Crippen LogP contribution in [-0.4, -0.2) is 18.0 Å². The zero-order valence-corrected chi connectivity index (χ0v) is 10.1. The van der Waals surface area contributed by atoms with E-state index < -0.39 is 0 Å². The fraction of sp³-hybridized carbons (Fsp3) is 0.909. The minimum absolute atomic E-state index is 0.0331. The van der Waals surface area contributed by atoms with Crippen molar-refractivity contribution in [1.29, 1.82) is 0 Å². The third kappa shape index (κ3) is 4.61. The predicted molar refractivity (Wildman–Crippen MR) is 59.9 cm³/mol. The average molecular weight is 200 g/mol. The summed E-state index contributed by atoms with van der Waals surface area (Å²) in [5.41, 5.74) is 5.79. The molecule has 0 rings (SSSR count). The second-order valence-corrected chi connectivity index (χ2v) is 4.99. The highest BCUT2D eigenvalue weighted by atomic mass is 16.2. The maximum Gasteiger partial charge on any atom is 0.237 e. The van der Waals surface area contributed by atoms with Crippen molar-refractivity contribution >= 4 is 5.91 Å². The highest BCUT2D eigenvalue weighted by molar-refractivity contribution is 5.81. The molecule has 0 aromatic rings. The lowest BCUT2D eigenvalue weighted by Gasteiger charge is -2.29. The Morgan fingerprint density at radius 3 is 2.29 bits per heavy atom. The van der Waals surface area contributed by atoms with E-state index in [-0.39, 0.29) is 23.4 Å². The van der Waals surface area contributed by atoms with Gasteiger partial charge >= 0.3 is 0 Å². The van der Waals surface area contributed by atoms with Gasteiger partial charge in [0.25, 0.3) is 0 Å². The maximum atomic E-state index is 11.6.